The van der Waals surface area contributed by atoms with Gasteiger partial charge in [0.15, 0.2) is 11.6 Å². The van der Waals surface area contributed by atoms with Crippen LogP contribution in [0.2, 0.25) is 0 Å². The summed E-state index contributed by atoms with van der Waals surface area (Å²) in [6.45, 7) is 12.1. The lowest BCUT2D eigenvalue weighted by Gasteiger charge is -2.31. The lowest BCUT2D eigenvalue weighted by molar-refractivity contribution is 0.0565. The maximum Gasteiger partial charge on any atom is 0.416 e. The number of hydrogen-bond acceptors (Lipinski definition) is 8. The van der Waals surface area contributed by atoms with Crippen molar-refractivity contribution in [2.24, 2.45) is 0 Å². The summed E-state index contributed by atoms with van der Waals surface area (Å²) in [6.07, 6.45) is 1.02. The van der Waals surface area contributed by atoms with Crippen LogP contribution in [0.15, 0.2) is 66.9 Å². The number of hydrogen-bond donors (Lipinski definition) is 2. The molecule has 0 unspecified atom stereocenters. The van der Waals surface area contributed by atoms with Crippen LogP contribution in [0.4, 0.5) is 26.9 Å². The molecule has 0 atom stereocenters. The zero-order chi connectivity index (χ0) is 32.4. The van der Waals surface area contributed by atoms with Crippen LogP contribution in [-0.4, -0.2) is 45.6 Å². The zero-order valence-corrected chi connectivity index (χ0v) is 26.0. The summed E-state index contributed by atoms with van der Waals surface area (Å²) in [7, 11) is 0. The molecule has 0 saturated heterocycles. The van der Waals surface area contributed by atoms with Crippen molar-refractivity contribution >= 4 is 29.4 Å². The average molecular weight is 610 g/mol. The number of rotatable bonds is 5. The SMILES string of the molecule is CC(C)(C)OC(=O)N1CCOc2c(Oc3ccc(NC(=O)Nc4cc(C(C)(C)C)nn4-c4ccc(C#N)cc4)cc3)ccnc21. The van der Waals surface area contributed by atoms with Crippen molar-refractivity contribution in [1.82, 2.24) is 14.8 Å². The van der Waals surface area contributed by atoms with Gasteiger partial charge in [0.1, 0.15) is 23.8 Å². The Morgan fingerprint density at radius 1 is 0.978 bits per heavy atom. The van der Waals surface area contributed by atoms with Crippen molar-refractivity contribution in [2.45, 2.75) is 52.6 Å². The van der Waals surface area contributed by atoms with Crippen LogP contribution in [0.5, 0.6) is 17.2 Å². The third-order valence-electron chi connectivity index (χ3n) is 6.58. The number of nitrogens with one attached hydrogen (secondary N) is 2. The van der Waals surface area contributed by atoms with Gasteiger partial charge in [0.2, 0.25) is 5.75 Å². The van der Waals surface area contributed by atoms with E-state index in [-0.39, 0.29) is 12.0 Å². The standard InChI is InChI=1S/C33H35N7O5/c1-32(2,3)26-19-27(40(38-26)23-11-7-21(20-34)8-12-23)37-30(41)36-22-9-13-24(14-10-22)44-25-15-16-35-29-28(25)43-18-17-39(29)31(42)45-33(4,5)6/h7-16,19H,17-18H2,1-6H3,(H2,36,37,41). The fourth-order valence-corrected chi connectivity index (χ4v) is 4.39. The quantitative estimate of drug-likeness (QED) is 0.246. The predicted molar refractivity (Wildman–Crippen MR) is 169 cm³/mol. The Hall–Kier alpha value is -5.57. The lowest BCUT2D eigenvalue weighted by Crippen LogP contribution is -2.42. The number of nitriles is 1. The molecular weight excluding hydrogens is 574 g/mol. The van der Waals surface area contributed by atoms with E-state index in [0.717, 1.165) is 5.69 Å². The lowest BCUT2D eigenvalue weighted by atomic mass is 9.92. The Balaban J connectivity index is 1.28. The largest absolute Gasteiger partial charge is 0.484 e. The van der Waals surface area contributed by atoms with Gasteiger partial charge in [0, 0.05) is 29.4 Å². The highest BCUT2D eigenvalue weighted by Crippen LogP contribution is 2.41. The minimum absolute atomic E-state index is 0.256. The smallest absolute Gasteiger partial charge is 0.416 e. The van der Waals surface area contributed by atoms with Crippen LogP contribution in [0.25, 0.3) is 5.69 Å². The van der Waals surface area contributed by atoms with Crippen molar-refractivity contribution in [2.75, 3.05) is 28.7 Å². The predicted octanol–water partition coefficient (Wildman–Crippen LogP) is 7.01. The first-order chi connectivity index (χ1) is 21.3. The summed E-state index contributed by atoms with van der Waals surface area (Å²) in [5, 5.41) is 19.6. The Morgan fingerprint density at radius 2 is 1.69 bits per heavy atom. The van der Waals surface area contributed by atoms with Gasteiger partial charge >= 0.3 is 12.1 Å². The Kier molecular flexibility index (Phi) is 8.37. The molecule has 3 heterocycles. The minimum atomic E-state index is -0.655. The first kappa shape index (κ1) is 30.9. The fraction of sp³-hybridized carbons (Fsp3) is 0.303. The summed E-state index contributed by atoms with van der Waals surface area (Å²) in [5.41, 5.74) is 1.65. The Bertz CT molecular complexity index is 1740. The molecule has 2 aromatic carbocycles. The molecule has 1 aliphatic rings. The van der Waals surface area contributed by atoms with Gasteiger partial charge in [-0.25, -0.2) is 19.3 Å². The first-order valence-electron chi connectivity index (χ1n) is 14.4. The van der Waals surface area contributed by atoms with Crippen molar-refractivity contribution in [1.29, 1.82) is 5.26 Å². The zero-order valence-electron chi connectivity index (χ0n) is 26.0. The van der Waals surface area contributed by atoms with Crippen LogP contribution in [0.3, 0.4) is 0 Å². The molecule has 0 radical (unpaired) electrons. The normalized spacial score (nSPS) is 12.8. The second-order valence-electron chi connectivity index (χ2n) is 12.4. The number of carbonyl (C=O) groups is 2. The number of urea groups is 1. The van der Waals surface area contributed by atoms with Crippen molar-refractivity contribution < 1.29 is 23.8 Å². The number of nitrogens with zero attached hydrogens (tertiary/aromatic N) is 5. The van der Waals surface area contributed by atoms with E-state index in [1.807, 2.05) is 26.8 Å². The van der Waals surface area contributed by atoms with Crippen molar-refractivity contribution in [3.05, 3.63) is 78.1 Å². The molecule has 0 aliphatic carbocycles. The molecular formula is C33H35N7O5. The second kappa shape index (κ2) is 12.2. The molecule has 2 aromatic heterocycles. The van der Waals surface area contributed by atoms with Crippen molar-refractivity contribution in [3.63, 3.8) is 0 Å². The van der Waals surface area contributed by atoms with E-state index >= 15 is 0 Å². The molecule has 12 heteroatoms. The number of ether oxygens (including phenoxy) is 3. The molecule has 3 amide bonds. The second-order valence-corrected chi connectivity index (χ2v) is 12.4. The number of benzene rings is 2. The molecule has 0 spiro atoms. The molecule has 12 nitrogen and oxygen atoms in total. The van der Waals surface area contributed by atoms with Crippen LogP contribution < -0.4 is 25.0 Å². The van der Waals surface area contributed by atoms with Gasteiger partial charge in [-0.3, -0.25) is 10.2 Å². The molecule has 232 valence electrons. The molecule has 4 aromatic rings. The highest BCUT2D eigenvalue weighted by atomic mass is 16.6. The summed E-state index contributed by atoms with van der Waals surface area (Å²) < 4.78 is 19.1. The van der Waals surface area contributed by atoms with Gasteiger partial charge in [-0.1, -0.05) is 20.8 Å². The van der Waals surface area contributed by atoms with Crippen molar-refractivity contribution in [3.8, 4) is 29.0 Å². The third kappa shape index (κ3) is 7.33. The van der Waals surface area contributed by atoms with Gasteiger partial charge in [0.05, 0.1) is 29.6 Å². The number of fused-ring (bicyclic) bond motifs is 1. The van der Waals surface area contributed by atoms with E-state index in [9.17, 15) is 9.59 Å². The van der Waals surface area contributed by atoms with Gasteiger partial charge < -0.3 is 19.5 Å². The first-order valence-corrected chi connectivity index (χ1v) is 14.4. The van der Waals surface area contributed by atoms with E-state index in [1.54, 1.807) is 80.1 Å². The Morgan fingerprint density at radius 3 is 2.33 bits per heavy atom. The van der Waals surface area contributed by atoms with E-state index in [1.165, 1.54) is 11.1 Å². The van der Waals surface area contributed by atoms with Gasteiger partial charge in [0.25, 0.3) is 0 Å². The number of pyridine rings is 1. The van der Waals surface area contributed by atoms with Gasteiger partial charge in [-0.2, -0.15) is 10.4 Å². The topological polar surface area (TPSA) is 144 Å². The van der Waals surface area contributed by atoms with Gasteiger partial charge in [-0.05, 0) is 69.3 Å². The maximum atomic E-state index is 13.0. The fourth-order valence-electron chi connectivity index (χ4n) is 4.39. The molecule has 0 saturated carbocycles. The number of anilines is 3. The van der Waals surface area contributed by atoms with E-state index in [2.05, 4.69) is 21.7 Å². The van der Waals surface area contributed by atoms with E-state index < -0.39 is 17.7 Å². The maximum absolute atomic E-state index is 13.0. The number of carbonyl (C=O) groups excluding carboxylic acids is 2. The number of aromatic nitrogens is 3. The highest BCUT2D eigenvalue weighted by molar-refractivity contribution is 5.99. The monoisotopic (exact) mass is 609 g/mol. The van der Waals surface area contributed by atoms with Crippen LogP contribution in [0.1, 0.15) is 52.8 Å². The summed E-state index contributed by atoms with van der Waals surface area (Å²) in [6, 6.07) is 18.9. The van der Waals surface area contributed by atoms with E-state index in [4.69, 9.17) is 24.6 Å². The summed E-state index contributed by atoms with van der Waals surface area (Å²) in [4.78, 5) is 31.5. The third-order valence-corrected chi connectivity index (χ3v) is 6.58. The Labute approximate surface area is 261 Å². The average Bonchev–Trinajstić information content (AvgIpc) is 3.41. The highest BCUT2D eigenvalue weighted by Gasteiger charge is 2.31. The molecule has 1 aliphatic heterocycles. The van der Waals surface area contributed by atoms with Gasteiger partial charge in [-0.15, -0.1) is 0 Å². The van der Waals surface area contributed by atoms with Crippen LogP contribution >= 0.6 is 0 Å². The number of amides is 3. The van der Waals surface area contributed by atoms with Crippen LogP contribution in [-0.2, 0) is 10.2 Å². The summed E-state index contributed by atoms with van der Waals surface area (Å²) in [5.74, 6) is 2.01. The molecule has 2 N–H and O–H groups in total. The van der Waals surface area contributed by atoms with Crippen LogP contribution in [0, 0.1) is 11.3 Å². The molecule has 5 rings (SSSR count). The molecule has 0 fully saturated rings. The minimum Gasteiger partial charge on any atom is -0.484 e. The molecule has 45 heavy (non-hydrogen) atoms. The molecule has 0 bridgehead atoms. The summed E-state index contributed by atoms with van der Waals surface area (Å²) >= 11 is 0. The van der Waals surface area contributed by atoms with E-state index in [0.29, 0.717) is 52.4 Å².